The van der Waals surface area contributed by atoms with Crippen LogP contribution in [-0.4, -0.2) is 23.5 Å². The first-order chi connectivity index (χ1) is 13.2. The van der Waals surface area contributed by atoms with E-state index in [1.54, 1.807) is 24.3 Å². The zero-order valence-electron chi connectivity index (χ0n) is 14.8. The van der Waals surface area contributed by atoms with Gasteiger partial charge in [-0.05, 0) is 36.8 Å². The predicted octanol–water partition coefficient (Wildman–Crippen LogP) is 2.14. The number of rotatable bonds is 7. The van der Waals surface area contributed by atoms with Gasteiger partial charge in [0, 0.05) is 23.7 Å². The van der Waals surface area contributed by atoms with Gasteiger partial charge < -0.3 is 9.84 Å². The second-order valence-electron chi connectivity index (χ2n) is 6.03. The van der Waals surface area contributed by atoms with Crippen molar-refractivity contribution in [3.8, 4) is 11.4 Å². The molecule has 0 amide bonds. The Morgan fingerprint density at radius 1 is 1.18 bits per heavy atom. The number of primary sulfonamides is 1. The molecule has 0 bridgehead atoms. The van der Waals surface area contributed by atoms with Crippen LogP contribution < -0.4 is 10.5 Å². The summed E-state index contributed by atoms with van der Waals surface area (Å²) in [6.07, 6.45) is 0. The average molecular weight is 403 g/mol. The molecule has 0 radical (unpaired) electrons. The molecule has 1 heterocycles. The van der Waals surface area contributed by atoms with Crippen LogP contribution in [0, 0.1) is 10.1 Å². The summed E-state index contributed by atoms with van der Waals surface area (Å²) in [4.78, 5) is 14.5. The van der Waals surface area contributed by atoms with Gasteiger partial charge in [0.05, 0.1) is 16.4 Å². The summed E-state index contributed by atoms with van der Waals surface area (Å²) >= 11 is 0. The number of nitrogens with two attached hydrogens (primary N) is 1. The molecule has 0 fully saturated rings. The number of nitrogens with one attached hydrogen (secondary N) is 1. The number of aromatic nitrogens is 2. The van der Waals surface area contributed by atoms with Gasteiger partial charge in [-0.2, -0.15) is 4.98 Å². The van der Waals surface area contributed by atoms with Crippen molar-refractivity contribution in [3.05, 3.63) is 70.1 Å². The van der Waals surface area contributed by atoms with E-state index in [4.69, 9.17) is 9.66 Å². The third kappa shape index (κ3) is 4.57. The summed E-state index contributed by atoms with van der Waals surface area (Å²) in [5.41, 5.74) is 1.45. The number of nitro benzene ring substituents is 1. The summed E-state index contributed by atoms with van der Waals surface area (Å²) < 4.78 is 27.8. The highest BCUT2D eigenvalue weighted by atomic mass is 32.2. The number of sulfonamides is 1. The highest BCUT2D eigenvalue weighted by molar-refractivity contribution is 7.89. The van der Waals surface area contributed by atoms with Crippen LogP contribution in [0.2, 0.25) is 0 Å². The zero-order chi connectivity index (χ0) is 20.3. The van der Waals surface area contributed by atoms with Gasteiger partial charge in [0.2, 0.25) is 21.7 Å². The van der Waals surface area contributed by atoms with Crippen LogP contribution in [0.5, 0.6) is 0 Å². The Kier molecular flexibility index (Phi) is 5.49. The molecule has 0 aliphatic rings. The van der Waals surface area contributed by atoms with Crippen molar-refractivity contribution in [1.82, 2.24) is 15.5 Å². The Morgan fingerprint density at radius 2 is 1.82 bits per heavy atom. The molecule has 0 saturated heterocycles. The minimum absolute atomic E-state index is 0.0172. The van der Waals surface area contributed by atoms with Crippen molar-refractivity contribution >= 4 is 15.7 Å². The van der Waals surface area contributed by atoms with E-state index in [0.29, 0.717) is 17.3 Å². The fraction of sp³-hybridized carbons (Fsp3) is 0.176. The van der Waals surface area contributed by atoms with Crippen LogP contribution >= 0.6 is 0 Å². The average Bonchev–Trinajstić information content (AvgIpc) is 3.14. The van der Waals surface area contributed by atoms with Gasteiger partial charge in [0.15, 0.2) is 0 Å². The standard InChI is InChI=1S/C17H17N5O5S/c1-11(12-4-8-15(9-5-12)28(18,25)26)19-10-16-20-17(21-27-16)13-2-6-14(7-3-13)22(23)24/h2-9,11,19H,10H2,1H3,(H2,18,25,26). The molecular weight excluding hydrogens is 386 g/mol. The molecular formula is C17H17N5O5S. The van der Waals surface area contributed by atoms with Gasteiger partial charge >= 0.3 is 0 Å². The van der Waals surface area contributed by atoms with Crippen molar-refractivity contribution in [1.29, 1.82) is 0 Å². The van der Waals surface area contributed by atoms with E-state index in [9.17, 15) is 18.5 Å². The molecule has 3 rings (SSSR count). The molecule has 3 N–H and O–H groups in total. The first kappa shape index (κ1) is 19.6. The summed E-state index contributed by atoms with van der Waals surface area (Å²) in [7, 11) is -3.72. The maximum Gasteiger partial charge on any atom is 0.269 e. The third-order valence-corrected chi connectivity index (χ3v) is 5.00. The second kappa shape index (κ2) is 7.84. The van der Waals surface area contributed by atoms with Crippen molar-refractivity contribution in [3.63, 3.8) is 0 Å². The van der Waals surface area contributed by atoms with E-state index < -0.39 is 14.9 Å². The van der Waals surface area contributed by atoms with Gasteiger partial charge in [-0.15, -0.1) is 0 Å². The van der Waals surface area contributed by atoms with Crippen molar-refractivity contribution in [2.45, 2.75) is 24.4 Å². The molecule has 1 unspecified atom stereocenters. The molecule has 10 nitrogen and oxygen atoms in total. The maximum absolute atomic E-state index is 11.3. The van der Waals surface area contributed by atoms with Gasteiger partial charge in [-0.1, -0.05) is 17.3 Å². The topological polar surface area (TPSA) is 154 Å². The van der Waals surface area contributed by atoms with Gasteiger partial charge in [0.25, 0.3) is 5.69 Å². The molecule has 0 aliphatic heterocycles. The normalized spacial score (nSPS) is 12.6. The van der Waals surface area contributed by atoms with E-state index in [1.807, 2.05) is 6.92 Å². The van der Waals surface area contributed by atoms with E-state index in [0.717, 1.165) is 5.56 Å². The minimum atomic E-state index is -3.72. The van der Waals surface area contributed by atoms with Crippen LogP contribution in [0.4, 0.5) is 5.69 Å². The Hall–Kier alpha value is -3.15. The summed E-state index contributed by atoms with van der Waals surface area (Å²) in [6.45, 7) is 2.19. The molecule has 28 heavy (non-hydrogen) atoms. The van der Waals surface area contributed by atoms with E-state index in [1.165, 1.54) is 24.3 Å². The number of nitrogens with zero attached hydrogens (tertiary/aromatic N) is 3. The fourth-order valence-electron chi connectivity index (χ4n) is 2.48. The largest absolute Gasteiger partial charge is 0.338 e. The molecule has 0 spiro atoms. The molecule has 1 atom stereocenters. The molecule has 0 saturated carbocycles. The number of hydrogen-bond acceptors (Lipinski definition) is 8. The summed E-state index contributed by atoms with van der Waals surface area (Å²) in [6, 6.07) is 12.0. The Bertz CT molecular complexity index is 1080. The van der Waals surface area contributed by atoms with Crippen LogP contribution in [0.15, 0.2) is 57.9 Å². The molecule has 11 heteroatoms. The van der Waals surface area contributed by atoms with Gasteiger partial charge in [-0.3, -0.25) is 10.1 Å². The SMILES string of the molecule is CC(NCc1nc(-c2ccc([N+](=O)[O-])cc2)no1)c1ccc(S(N)(=O)=O)cc1. The Labute approximate surface area is 160 Å². The lowest BCUT2D eigenvalue weighted by molar-refractivity contribution is -0.384. The zero-order valence-corrected chi connectivity index (χ0v) is 15.6. The highest BCUT2D eigenvalue weighted by Crippen LogP contribution is 2.20. The van der Waals surface area contributed by atoms with Crippen LogP contribution in [-0.2, 0) is 16.6 Å². The minimum Gasteiger partial charge on any atom is -0.338 e. The lowest BCUT2D eigenvalue weighted by Crippen LogP contribution is -2.18. The molecule has 146 valence electrons. The molecule has 2 aromatic carbocycles. The lowest BCUT2D eigenvalue weighted by Gasteiger charge is -2.13. The number of hydrogen-bond donors (Lipinski definition) is 2. The molecule has 3 aromatic rings. The first-order valence-corrected chi connectivity index (χ1v) is 9.72. The van der Waals surface area contributed by atoms with Crippen molar-refractivity contribution in [2.24, 2.45) is 5.14 Å². The molecule has 1 aromatic heterocycles. The van der Waals surface area contributed by atoms with Crippen molar-refractivity contribution < 1.29 is 17.9 Å². The Morgan fingerprint density at radius 3 is 2.39 bits per heavy atom. The quantitative estimate of drug-likeness (QED) is 0.449. The third-order valence-electron chi connectivity index (χ3n) is 4.07. The summed E-state index contributed by atoms with van der Waals surface area (Å²) in [5, 5.41) is 22.9. The van der Waals surface area contributed by atoms with E-state index in [2.05, 4.69) is 15.5 Å². The lowest BCUT2D eigenvalue weighted by atomic mass is 10.1. The predicted molar refractivity (Wildman–Crippen MR) is 99.5 cm³/mol. The number of benzene rings is 2. The fourth-order valence-corrected chi connectivity index (χ4v) is 3.00. The van der Waals surface area contributed by atoms with Gasteiger partial charge in [-0.25, -0.2) is 13.6 Å². The Balaban J connectivity index is 1.63. The van der Waals surface area contributed by atoms with Crippen LogP contribution in [0.25, 0.3) is 11.4 Å². The maximum atomic E-state index is 11.3. The number of nitro groups is 1. The van der Waals surface area contributed by atoms with E-state index >= 15 is 0 Å². The van der Waals surface area contributed by atoms with Crippen LogP contribution in [0.1, 0.15) is 24.4 Å². The summed E-state index contributed by atoms with van der Waals surface area (Å²) in [5.74, 6) is 0.679. The smallest absolute Gasteiger partial charge is 0.269 e. The first-order valence-electron chi connectivity index (χ1n) is 8.17. The molecule has 0 aliphatic carbocycles. The second-order valence-corrected chi connectivity index (χ2v) is 7.59. The van der Waals surface area contributed by atoms with Crippen molar-refractivity contribution in [2.75, 3.05) is 0 Å². The highest BCUT2D eigenvalue weighted by Gasteiger charge is 2.13. The van der Waals surface area contributed by atoms with E-state index in [-0.39, 0.29) is 23.2 Å². The van der Waals surface area contributed by atoms with Gasteiger partial charge in [0.1, 0.15) is 0 Å². The number of non-ortho nitro benzene ring substituents is 1. The monoisotopic (exact) mass is 403 g/mol. The van der Waals surface area contributed by atoms with Crippen LogP contribution in [0.3, 0.4) is 0 Å².